The predicted molar refractivity (Wildman–Crippen MR) is 76.4 cm³/mol. The SMILES string of the molecule is CN(C)C[C@]1(O)CCN(c2nc(N)nc3[nH]ncc23)C1. The van der Waals surface area contributed by atoms with Crippen LogP contribution in [0.5, 0.6) is 0 Å². The summed E-state index contributed by atoms with van der Waals surface area (Å²) in [6.45, 7) is 1.89. The highest BCUT2D eigenvalue weighted by molar-refractivity contribution is 5.87. The smallest absolute Gasteiger partial charge is 0.224 e. The molecule has 4 N–H and O–H groups in total. The van der Waals surface area contributed by atoms with Crippen LogP contribution < -0.4 is 10.6 Å². The van der Waals surface area contributed by atoms with Crippen LogP contribution in [0, 0.1) is 0 Å². The summed E-state index contributed by atoms with van der Waals surface area (Å²) in [5.74, 6) is 0.940. The lowest BCUT2D eigenvalue weighted by Crippen LogP contribution is -2.42. The van der Waals surface area contributed by atoms with E-state index in [1.807, 2.05) is 23.9 Å². The molecule has 2 aromatic heterocycles. The van der Waals surface area contributed by atoms with E-state index in [1.54, 1.807) is 6.20 Å². The topological polar surface area (TPSA) is 107 Å². The lowest BCUT2D eigenvalue weighted by molar-refractivity contribution is 0.0366. The summed E-state index contributed by atoms with van der Waals surface area (Å²) in [5.41, 5.74) is 5.63. The quantitative estimate of drug-likeness (QED) is 0.690. The second kappa shape index (κ2) is 4.57. The van der Waals surface area contributed by atoms with Crippen molar-refractivity contribution in [1.82, 2.24) is 25.1 Å². The number of hydrogen-bond donors (Lipinski definition) is 3. The van der Waals surface area contributed by atoms with E-state index in [4.69, 9.17) is 5.73 Å². The molecule has 0 saturated carbocycles. The Morgan fingerprint density at radius 2 is 2.30 bits per heavy atom. The standard InChI is InChI=1S/C12H19N7O/c1-18(2)6-12(20)3-4-19(7-12)10-8-5-14-17-9(8)15-11(13)16-10/h5,20H,3-4,6-7H2,1-2H3,(H3,13,14,15,16,17)/t12-/m1/s1. The number of aromatic amines is 1. The van der Waals surface area contributed by atoms with Crippen LogP contribution in [0.2, 0.25) is 0 Å². The van der Waals surface area contributed by atoms with Gasteiger partial charge in [0.25, 0.3) is 0 Å². The van der Waals surface area contributed by atoms with E-state index < -0.39 is 5.60 Å². The van der Waals surface area contributed by atoms with Crippen LogP contribution in [-0.2, 0) is 0 Å². The van der Waals surface area contributed by atoms with Gasteiger partial charge in [0.1, 0.15) is 5.82 Å². The van der Waals surface area contributed by atoms with Gasteiger partial charge in [0.05, 0.1) is 17.2 Å². The van der Waals surface area contributed by atoms with E-state index in [-0.39, 0.29) is 5.95 Å². The van der Waals surface area contributed by atoms with Crippen LogP contribution in [0.3, 0.4) is 0 Å². The third kappa shape index (κ3) is 2.27. The van der Waals surface area contributed by atoms with Crippen LogP contribution >= 0.6 is 0 Å². The molecule has 3 heterocycles. The summed E-state index contributed by atoms with van der Waals surface area (Å²) < 4.78 is 0. The number of likely N-dealkylation sites (N-methyl/N-ethyl adjacent to an activating group) is 1. The van der Waals surface area contributed by atoms with E-state index in [0.717, 1.165) is 17.7 Å². The second-order valence-electron chi connectivity index (χ2n) is 5.67. The summed E-state index contributed by atoms with van der Waals surface area (Å²) >= 11 is 0. The van der Waals surface area contributed by atoms with Crippen molar-refractivity contribution in [3.8, 4) is 0 Å². The Morgan fingerprint density at radius 3 is 3.05 bits per heavy atom. The monoisotopic (exact) mass is 277 g/mol. The number of nitrogens with one attached hydrogen (secondary N) is 1. The van der Waals surface area contributed by atoms with E-state index in [2.05, 4.69) is 20.2 Å². The minimum atomic E-state index is -0.723. The van der Waals surface area contributed by atoms with Crippen LogP contribution in [0.25, 0.3) is 11.0 Å². The van der Waals surface area contributed by atoms with Gasteiger partial charge in [-0.15, -0.1) is 0 Å². The van der Waals surface area contributed by atoms with Crippen LogP contribution in [-0.4, -0.2) is 69.5 Å². The third-order valence-corrected chi connectivity index (χ3v) is 3.55. The molecule has 8 nitrogen and oxygen atoms in total. The van der Waals surface area contributed by atoms with Gasteiger partial charge in [-0.3, -0.25) is 5.10 Å². The summed E-state index contributed by atoms with van der Waals surface area (Å²) in [7, 11) is 3.91. The minimum absolute atomic E-state index is 0.208. The Morgan fingerprint density at radius 1 is 1.50 bits per heavy atom. The number of nitrogens with two attached hydrogens (primary N) is 1. The van der Waals surface area contributed by atoms with Gasteiger partial charge >= 0.3 is 0 Å². The van der Waals surface area contributed by atoms with E-state index >= 15 is 0 Å². The molecule has 1 saturated heterocycles. The van der Waals surface area contributed by atoms with Crippen LogP contribution in [0.4, 0.5) is 11.8 Å². The predicted octanol–water partition coefficient (Wildman–Crippen LogP) is -0.562. The van der Waals surface area contributed by atoms with Gasteiger partial charge in [0.15, 0.2) is 5.65 Å². The number of aliphatic hydroxyl groups is 1. The largest absolute Gasteiger partial charge is 0.387 e. The van der Waals surface area contributed by atoms with E-state index in [1.165, 1.54) is 0 Å². The molecule has 8 heteroatoms. The maximum atomic E-state index is 10.6. The van der Waals surface area contributed by atoms with Crippen molar-refractivity contribution in [3.63, 3.8) is 0 Å². The van der Waals surface area contributed by atoms with Crippen molar-refractivity contribution in [2.75, 3.05) is 44.4 Å². The first-order chi connectivity index (χ1) is 9.47. The molecule has 1 fully saturated rings. The number of nitrogens with zero attached hydrogens (tertiary/aromatic N) is 5. The fourth-order valence-corrected chi connectivity index (χ4v) is 2.83. The Kier molecular flexibility index (Phi) is 2.98. The van der Waals surface area contributed by atoms with Crippen molar-refractivity contribution in [2.45, 2.75) is 12.0 Å². The number of aromatic nitrogens is 4. The molecule has 20 heavy (non-hydrogen) atoms. The Bertz CT molecular complexity index is 625. The summed E-state index contributed by atoms with van der Waals surface area (Å²) in [4.78, 5) is 12.4. The van der Waals surface area contributed by atoms with Crippen molar-refractivity contribution < 1.29 is 5.11 Å². The molecule has 108 valence electrons. The normalized spacial score (nSPS) is 23.1. The van der Waals surface area contributed by atoms with Gasteiger partial charge in [-0.05, 0) is 20.5 Å². The van der Waals surface area contributed by atoms with Crippen molar-refractivity contribution in [2.24, 2.45) is 0 Å². The number of rotatable bonds is 3. The first-order valence-corrected chi connectivity index (χ1v) is 6.55. The lowest BCUT2D eigenvalue weighted by atomic mass is 10.0. The molecule has 0 aromatic carbocycles. The fourth-order valence-electron chi connectivity index (χ4n) is 2.83. The van der Waals surface area contributed by atoms with E-state index in [9.17, 15) is 5.11 Å². The number of anilines is 2. The van der Waals surface area contributed by atoms with Crippen LogP contribution in [0.1, 0.15) is 6.42 Å². The molecule has 0 aliphatic carbocycles. The fraction of sp³-hybridized carbons (Fsp3) is 0.583. The molecular weight excluding hydrogens is 258 g/mol. The van der Waals surface area contributed by atoms with Crippen molar-refractivity contribution in [1.29, 1.82) is 0 Å². The Labute approximate surface area is 116 Å². The van der Waals surface area contributed by atoms with Gasteiger partial charge < -0.3 is 20.6 Å². The maximum absolute atomic E-state index is 10.6. The highest BCUT2D eigenvalue weighted by atomic mass is 16.3. The number of H-pyrrole nitrogens is 1. The zero-order chi connectivity index (χ0) is 14.3. The molecule has 1 aliphatic rings. The number of nitrogen functional groups attached to an aromatic ring is 1. The van der Waals surface area contributed by atoms with E-state index in [0.29, 0.717) is 25.2 Å². The highest BCUT2D eigenvalue weighted by Gasteiger charge is 2.37. The number of hydrogen-bond acceptors (Lipinski definition) is 7. The van der Waals surface area contributed by atoms with Crippen molar-refractivity contribution in [3.05, 3.63) is 6.20 Å². The number of β-amino-alcohol motifs (C(OH)–C–C–N with tert-alkyl or cyclic N) is 1. The van der Waals surface area contributed by atoms with Gasteiger partial charge in [-0.25, -0.2) is 0 Å². The molecular formula is C12H19N7O. The Balaban J connectivity index is 1.91. The number of fused-ring (bicyclic) bond motifs is 1. The molecule has 2 aromatic rings. The van der Waals surface area contributed by atoms with Gasteiger partial charge in [0, 0.05) is 19.6 Å². The van der Waals surface area contributed by atoms with Gasteiger partial charge in [-0.2, -0.15) is 15.1 Å². The molecule has 0 radical (unpaired) electrons. The molecule has 1 atom stereocenters. The first kappa shape index (κ1) is 13.1. The molecule has 1 aliphatic heterocycles. The molecule has 0 unspecified atom stereocenters. The summed E-state index contributed by atoms with van der Waals surface area (Å²) in [5, 5.41) is 18.2. The first-order valence-electron chi connectivity index (χ1n) is 6.55. The Hall–Kier alpha value is -1.93. The third-order valence-electron chi connectivity index (χ3n) is 3.55. The van der Waals surface area contributed by atoms with Gasteiger partial charge in [-0.1, -0.05) is 0 Å². The lowest BCUT2D eigenvalue weighted by Gasteiger charge is -2.27. The molecule has 3 rings (SSSR count). The molecule has 0 bridgehead atoms. The summed E-state index contributed by atoms with van der Waals surface area (Å²) in [6.07, 6.45) is 2.39. The molecule has 0 spiro atoms. The van der Waals surface area contributed by atoms with Gasteiger partial charge in [0.2, 0.25) is 5.95 Å². The zero-order valence-electron chi connectivity index (χ0n) is 11.7. The maximum Gasteiger partial charge on any atom is 0.224 e. The second-order valence-corrected chi connectivity index (χ2v) is 5.67. The molecule has 0 amide bonds. The average Bonchev–Trinajstić information content (AvgIpc) is 2.93. The summed E-state index contributed by atoms with van der Waals surface area (Å²) in [6, 6.07) is 0. The average molecular weight is 277 g/mol. The zero-order valence-corrected chi connectivity index (χ0v) is 11.7. The highest BCUT2D eigenvalue weighted by Crippen LogP contribution is 2.30. The van der Waals surface area contributed by atoms with Crippen molar-refractivity contribution >= 4 is 22.8 Å². The minimum Gasteiger partial charge on any atom is -0.387 e. The van der Waals surface area contributed by atoms with Crippen LogP contribution in [0.15, 0.2) is 6.20 Å².